The number of carbonyl (C=O) groups is 12. The van der Waals surface area contributed by atoms with Gasteiger partial charge in [-0.1, -0.05) is 58.4 Å². The first-order valence-corrected chi connectivity index (χ1v) is 27.2. The average Bonchev–Trinajstić information content (AvgIpc) is 4.16. The Hall–Kier alpha value is -8.48. The number of benzene rings is 2. The van der Waals surface area contributed by atoms with Crippen molar-refractivity contribution in [3.63, 3.8) is 0 Å². The van der Waals surface area contributed by atoms with Crippen molar-refractivity contribution < 1.29 is 88.2 Å². The van der Waals surface area contributed by atoms with Gasteiger partial charge in [0.1, 0.15) is 65.9 Å². The number of nitrogens with one attached hydrogen (secondary N) is 8. The van der Waals surface area contributed by atoms with Crippen molar-refractivity contribution in [2.24, 2.45) is 29.0 Å². The number of nitrogens with two attached hydrogens (primary N) is 3. The lowest BCUT2D eigenvalue weighted by atomic mass is 9.96. The molecule has 11 amide bonds. The second-order valence-corrected chi connectivity index (χ2v) is 21.0. The molecule has 20 N–H and O–H groups in total. The van der Waals surface area contributed by atoms with Crippen molar-refractivity contribution in [1.29, 1.82) is 0 Å². The lowest BCUT2D eigenvalue weighted by Gasteiger charge is -2.31. The van der Waals surface area contributed by atoms with Crippen LogP contribution in [0.25, 0.3) is 0 Å². The number of primary amides is 2. The molecule has 84 heavy (non-hydrogen) atoms. The molecule has 1 fully saturated rings. The molecule has 2 aromatic rings. The van der Waals surface area contributed by atoms with Crippen LogP contribution < -0.4 is 59.7 Å². The highest BCUT2D eigenvalue weighted by Crippen LogP contribution is 2.21. The minimum Gasteiger partial charge on any atom is -0.508 e. The smallest absolute Gasteiger partial charge is 0.326 e. The van der Waals surface area contributed by atoms with Gasteiger partial charge in [-0.05, 0) is 86.8 Å². The largest absolute Gasteiger partial charge is 0.508 e. The van der Waals surface area contributed by atoms with E-state index in [1.165, 1.54) is 62.4 Å². The minimum absolute atomic E-state index is 0.0357. The minimum atomic E-state index is -1.93. The number of carbonyl (C=O) groups excluding carboxylic acids is 11. The zero-order valence-corrected chi connectivity index (χ0v) is 47.5. The number of aromatic hydroxyl groups is 2. The number of hydrogen-bond donors (Lipinski definition) is 17. The molecule has 0 saturated carbocycles. The molecule has 0 spiro atoms. The summed E-state index contributed by atoms with van der Waals surface area (Å²) >= 11 is 0. The molecule has 1 heterocycles. The topological polar surface area (TPSA) is 504 Å². The molecule has 0 unspecified atom stereocenters. The highest BCUT2D eigenvalue weighted by molar-refractivity contribution is 6.00. The van der Waals surface area contributed by atoms with Crippen LogP contribution >= 0.6 is 0 Å². The van der Waals surface area contributed by atoms with Crippen molar-refractivity contribution in [2.45, 2.75) is 166 Å². The number of carboxylic acid groups (broad SMARTS) is 1. The van der Waals surface area contributed by atoms with Crippen LogP contribution in [0.4, 0.5) is 0 Å². The van der Waals surface area contributed by atoms with Crippen molar-refractivity contribution in [3.05, 3.63) is 59.7 Å². The molecular formula is C54H80N12O18. The molecule has 1 aliphatic rings. The van der Waals surface area contributed by atoms with Gasteiger partial charge >= 0.3 is 5.97 Å². The third kappa shape index (κ3) is 21.4. The van der Waals surface area contributed by atoms with Gasteiger partial charge in [-0.25, -0.2) is 4.79 Å². The molecule has 30 heteroatoms. The highest BCUT2D eigenvalue weighted by atomic mass is 16.4. The maximum Gasteiger partial charge on any atom is 0.326 e. The van der Waals surface area contributed by atoms with E-state index in [0.29, 0.717) is 11.1 Å². The third-order valence-corrected chi connectivity index (χ3v) is 13.9. The van der Waals surface area contributed by atoms with Crippen molar-refractivity contribution >= 4 is 70.9 Å². The van der Waals surface area contributed by atoms with Crippen molar-refractivity contribution in [1.82, 2.24) is 47.4 Å². The monoisotopic (exact) mass is 1180 g/mol. The van der Waals surface area contributed by atoms with E-state index < -0.39 is 175 Å². The molecule has 0 aliphatic carbocycles. The number of phenols is 2. The molecule has 1 aliphatic heterocycles. The van der Waals surface area contributed by atoms with Gasteiger partial charge in [-0.3, -0.25) is 52.7 Å². The van der Waals surface area contributed by atoms with Gasteiger partial charge in [0.2, 0.25) is 65.0 Å². The number of aliphatic carboxylic acids is 1. The van der Waals surface area contributed by atoms with Crippen LogP contribution in [0.3, 0.4) is 0 Å². The van der Waals surface area contributed by atoms with Crippen molar-refractivity contribution in [2.75, 3.05) is 13.2 Å². The first-order valence-electron chi connectivity index (χ1n) is 27.2. The molecule has 0 radical (unpaired) electrons. The van der Waals surface area contributed by atoms with Crippen LogP contribution in [-0.2, 0) is 70.4 Å². The first kappa shape index (κ1) is 69.8. The molecule has 0 bridgehead atoms. The summed E-state index contributed by atoms with van der Waals surface area (Å²) in [6, 6.07) is -4.75. The summed E-state index contributed by atoms with van der Waals surface area (Å²) in [7, 11) is 0. The lowest BCUT2D eigenvalue weighted by molar-refractivity contribution is -0.144. The summed E-state index contributed by atoms with van der Waals surface area (Å²) in [6.07, 6.45) is -5.11. The van der Waals surface area contributed by atoms with Gasteiger partial charge in [0.05, 0.1) is 31.3 Å². The number of carboxylic acids is 1. The van der Waals surface area contributed by atoms with E-state index in [1.807, 2.05) is 0 Å². The fraction of sp³-hybridized carbons (Fsp3) is 0.556. The number of likely N-dealkylation sites (tertiary alicyclic amines) is 1. The Morgan fingerprint density at radius 2 is 1.02 bits per heavy atom. The molecule has 30 nitrogen and oxygen atoms in total. The first-order chi connectivity index (χ1) is 39.4. The van der Waals surface area contributed by atoms with E-state index in [-0.39, 0.29) is 56.6 Å². The van der Waals surface area contributed by atoms with Gasteiger partial charge in [-0.15, -0.1) is 0 Å². The SMILES string of the molecule is CC[C@H](C)[C@H](NC(=O)[C@H](Cc1ccc(O)cc1)NC(=O)[C@@H](NC(=O)[C@@H](NC(=O)[C@@H]1CCCN1C(=O)[C@H](CC(N)=O)NC(=O)[C@H](CCC(N)=O)NC(=O)[C@@H](N)Cc1ccc(O)cc1)[C@@H](C)O)[C@@H](C)O)C(=O)N[C@@H](CO)C(=O)N[C@H](C(=O)O)C(C)C. The Labute approximate surface area is 484 Å². The van der Waals surface area contributed by atoms with Gasteiger partial charge < -0.3 is 95.3 Å². The summed E-state index contributed by atoms with van der Waals surface area (Å²) in [5.41, 5.74) is 17.8. The number of phenolic OH excluding ortho intramolecular Hbond substituents is 2. The number of rotatable bonds is 33. The molecular weight excluding hydrogens is 1100 g/mol. The molecule has 13 atom stereocenters. The van der Waals surface area contributed by atoms with E-state index in [4.69, 9.17) is 17.2 Å². The molecule has 3 rings (SSSR count). The molecule has 2 aromatic carbocycles. The standard InChI is InChI=1S/C54H80N12O18/c1-7-26(4)42(50(79)61-37(24-67)48(77)62-41(25(2)3)54(83)84)63-47(76)35(22-30-12-16-32(71)17-13-30)59-51(80)43(27(5)68)65-52(81)44(28(6)69)64-49(78)38-9-8-20-66(38)53(82)36(23-40(57)73)60-46(75)34(18-19-39(56)72)58-45(74)33(55)21-29-10-14-31(70)15-11-29/h10-17,25-28,33-38,41-44,67-71H,7-9,18-24,55H2,1-6H3,(H2,56,72)(H2,57,73)(H,58,74)(H,59,80)(H,60,75)(H,61,79)(H,62,77)(H,63,76)(H,64,78)(H,65,81)(H,83,84)/t26-,27+,28+,33-,34-,35-,36-,37-,38-,41-,42-,43-,44-/m0/s1. The number of amides is 11. The molecule has 0 aromatic heterocycles. The molecule has 464 valence electrons. The predicted octanol–water partition coefficient (Wildman–Crippen LogP) is -5.24. The van der Waals surface area contributed by atoms with Gasteiger partial charge in [0.15, 0.2) is 0 Å². The maximum atomic E-state index is 14.3. The Bertz CT molecular complexity index is 2660. The number of nitrogens with zero attached hydrogens (tertiary/aromatic N) is 1. The fourth-order valence-electron chi connectivity index (χ4n) is 8.81. The Balaban J connectivity index is 1.85. The van der Waals surface area contributed by atoms with Gasteiger partial charge in [-0.2, -0.15) is 0 Å². The van der Waals surface area contributed by atoms with Crippen LogP contribution in [0.1, 0.15) is 91.2 Å². The van der Waals surface area contributed by atoms with Crippen LogP contribution in [0.15, 0.2) is 48.5 Å². The lowest BCUT2D eigenvalue weighted by Crippen LogP contribution is -2.64. The summed E-state index contributed by atoms with van der Waals surface area (Å²) in [4.78, 5) is 161. The zero-order chi connectivity index (χ0) is 63.3. The fourth-order valence-corrected chi connectivity index (χ4v) is 8.81. The summed E-state index contributed by atoms with van der Waals surface area (Å²) < 4.78 is 0. The van der Waals surface area contributed by atoms with E-state index in [1.54, 1.807) is 13.8 Å². The Morgan fingerprint density at radius 3 is 1.52 bits per heavy atom. The zero-order valence-electron chi connectivity index (χ0n) is 47.5. The second kappa shape index (κ2) is 33.0. The summed E-state index contributed by atoms with van der Waals surface area (Å²) in [5.74, 6) is -14.2. The normalized spacial score (nSPS) is 17.3. The van der Waals surface area contributed by atoms with Gasteiger partial charge in [0, 0.05) is 19.4 Å². The molecule has 1 saturated heterocycles. The maximum absolute atomic E-state index is 14.3. The summed E-state index contributed by atoms with van der Waals surface area (Å²) in [6.45, 7) is 7.39. The van der Waals surface area contributed by atoms with E-state index in [2.05, 4.69) is 42.5 Å². The van der Waals surface area contributed by atoms with Crippen LogP contribution in [0.5, 0.6) is 11.5 Å². The number of hydrogen-bond acceptors (Lipinski definition) is 18. The van der Waals surface area contributed by atoms with E-state index in [9.17, 15) is 88.2 Å². The van der Waals surface area contributed by atoms with Gasteiger partial charge in [0.25, 0.3) is 0 Å². The number of aliphatic hydroxyl groups excluding tert-OH is 3. The van der Waals surface area contributed by atoms with Crippen LogP contribution in [0, 0.1) is 11.8 Å². The highest BCUT2D eigenvalue weighted by Gasteiger charge is 2.42. The summed E-state index contributed by atoms with van der Waals surface area (Å²) in [5, 5.41) is 79.9. The predicted molar refractivity (Wildman–Crippen MR) is 296 cm³/mol. The van der Waals surface area contributed by atoms with Crippen molar-refractivity contribution in [3.8, 4) is 11.5 Å². The van der Waals surface area contributed by atoms with Crippen LogP contribution in [-0.4, -0.2) is 192 Å². The van der Waals surface area contributed by atoms with Crippen LogP contribution in [0.2, 0.25) is 0 Å². The third-order valence-electron chi connectivity index (χ3n) is 13.9. The van der Waals surface area contributed by atoms with E-state index >= 15 is 0 Å². The second-order valence-electron chi connectivity index (χ2n) is 21.0. The Morgan fingerprint density at radius 1 is 0.571 bits per heavy atom. The average molecular weight is 1190 g/mol. The quantitative estimate of drug-likeness (QED) is 0.0318. The Kier molecular flexibility index (Phi) is 27.4. The number of aliphatic hydroxyl groups is 3. The van der Waals surface area contributed by atoms with E-state index in [0.717, 1.165) is 18.7 Å².